The summed E-state index contributed by atoms with van der Waals surface area (Å²) >= 11 is 0. The fraction of sp³-hybridized carbons (Fsp3) is 0.0714. The van der Waals surface area contributed by atoms with Gasteiger partial charge in [0.2, 0.25) is 0 Å². The molecule has 2 nitrogen and oxygen atoms in total. The highest BCUT2D eigenvalue weighted by Gasteiger charge is 2.34. The average Bonchev–Trinajstić information content (AvgIpc) is 2.42. The minimum Gasteiger partial charge on any atom is -0.322 e. The lowest BCUT2D eigenvalue weighted by atomic mass is 10.1. The van der Waals surface area contributed by atoms with Crippen LogP contribution in [0.1, 0.15) is 15.9 Å². The average molecular weight is 301 g/mol. The first kappa shape index (κ1) is 15.0. The van der Waals surface area contributed by atoms with E-state index in [4.69, 9.17) is 0 Å². The van der Waals surface area contributed by atoms with Crippen molar-refractivity contribution in [3.63, 3.8) is 0 Å². The van der Waals surface area contributed by atoms with Crippen LogP contribution in [0, 0.1) is 11.6 Å². The zero-order valence-corrected chi connectivity index (χ0v) is 10.3. The van der Waals surface area contributed by atoms with Crippen molar-refractivity contribution < 1.29 is 26.7 Å². The molecule has 2 aromatic carbocycles. The van der Waals surface area contributed by atoms with Crippen LogP contribution in [0.25, 0.3) is 0 Å². The van der Waals surface area contributed by atoms with Gasteiger partial charge in [-0.2, -0.15) is 13.2 Å². The molecule has 110 valence electrons. The third-order valence-corrected chi connectivity index (χ3v) is 2.65. The van der Waals surface area contributed by atoms with Gasteiger partial charge in [0.05, 0.1) is 11.1 Å². The van der Waals surface area contributed by atoms with Crippen LogP contribution in [0.5, 0.6) is 0 Å². The molecular weight excluding hydrogens is 293 g/mol. The van der Waals surface area contributed by atoms with Crippen molar-refractivity contribution in [1.82, 2.24) is 0 Å². The topological polar surface area (TPSA) is 29.1 Å². The standard InChI is InChI=1S/C14H8F5NO/c15-11-6-5-8(7-12(11)16)20-13(21)9-3-1-2-4-10(9)14(17,18)19/h1-7H,(H,20,21). The van der Waals surface area contributed by atoms with Crippen molar-refractivity contribution in [2.45, 2.75) is 6.18 Å². The molecule has 21 heavy (non-hydrogen) atoms. The number of amides is 1. The highest BCUT2D eigenvalue weighted by atomic mass is 19.4. The summed E-state index contributed by atoms with van der Waals surface area (Å²) in [6.45, 7) is 0. The molecule has 0 saturated carbocycles. The van der Waals surface area contributed by atoms with Gasteiger partial charge in [0.25, 0.3) is 5.91 Å². The van der Waals surface area contributed by atoms with E-state index in [1.165, 1.54) is 6.07 Å². The van der Waals surface area contributed by atoms with E-state index in [2.05, 4.69) is 5.32 Å². The van der Waals surface area contributed by atoms with E-state index in [1.807, 2.05) is 0 Å². The van der Waals surface area contributed by atoms with E-state index in [0.717, 1.165) is 30.3 Å². The number of anilines is 1. The lowest BCUT2D eigenvalue weighted by Gasteiger charge is -2.12. The van der Waals surface area contributed by atoms with E-state index in [1.54, 1.807) is 0 Å². The Morgan fingerprint density at radius 2 is 1.62 bits per heavy atom. The second kappa shape index (κ2) is 5.51. The largest absolute Gasteiger partial charge is 0.417 e. The number of alkyl halides is 3. The van der Waals surface area contributed by atoms with Gasteiger partial charge in [-0.15, -0.1) is 0 Å². The van der Waals surface area contributed by atoms with Gasteiger partial charge >= 0.3 is 6.18 Å². The molecule has 0 aliphatic rings. The summed E-state index contributed by atoms with van der Waals surface area (Å²) in [4.78, 5) is 11.9. The number of hydrogen-bond acceptors (Lipinski definition) is 1. The normalized spacial score (nSPS) is 11.3. The Hall–Kier alpha value is -2.44. The molecule has 0 spiro atoms. The van der Waals surface area contributed by atoms with Crippen LogP contribution < -0.4 is 5.32 Å². The van der Waals surface area contributed by atoms with Crippen LogP contribution in [-0.2, 0) is 6.18 Å². The van der Waals surface area contributed by atoms with Gasteiger partial charge in [0, 0.05) is 11.8 Å². The SMILES string of the molecule is O=C(Nc1ccc(F)c(F)c1)c1ccccc1C(F)(F)F. The second-order valence-corrected chi connectivity index (χ2v) is 4.13. The maximum Gasteiger partial charge on any atom is 0.417 e. The zero-order valence-electron chi connectivity index (χ0n) is 10.3. The van der Waals surface area contributed by atoms with Crippen molar-refractivity contribution in [2.24, 2.45) is 0 Å². The van der Waals surface area contributed by atoms with E-state index in [9.17, 15) is 26.7 Å². The Bertz CT molecular complexity index is 681. The Labute approximate surface area is 116 Å². The first-order valence-corrected chi connectivity index (χ1v) is 5.71. The minimum atomic E-state index is -4.69. The molecule has 2 aromatic rings. The molecule has 2 rings (SSSR count). The van der Waals surface area contributed by atoms with Gasteiger partial charge in [0.1, 0.15) is 0 Å². The van der Waals surface area contributed by atoms with E-state index in [-0.39, 0.29) is 5.69 Å². The molecule has 0 unspecified atom stereocenters. The van der Waals surface area contributed by atoms with Gasteiger partial charge in [-0.05, 0) is 24.3 Å². The molecule has 0 aliphatic heterocycles. The maximum absolute atomic E-state index is 13.0. The molecule has 0 saturated heterocycles. The van der Waals surface area contributed by atoms with Crippen LogP contribution in [0.15, 0.2) is 42.5 Å². The molecule has 0 atom stereocenters. The summed E-state index contributed by atoms with van der Waals surface area (Å²) < 4.78 is 64.1. The molecule has 0 aromatic heterocycles. The Kier molecular flexibility index (Phi) is 3.93. The first-order valence-electron chi connectivity index (χ1n) is 5.71. The van der Waals surface area contributed by atoms with Gasteiger partial charge in [-0.25, -0.2) is 8.78 Å². The van der Waals surface area contributed by atoms with Gasteiger partial charge in [0.15, 0.2) is 11.6 Å². The van der Waals surface area contributed by atoms with Crippen molar-refractivity contribution in [2.75, 3.05) is 5.32 Å². The lowest BCUT2D eigenvalue weighted by Crippen LogP contribution is -2.18. The minimum absolute atomic E-state index is 0.143. The summed E-state index contributed by atoms with van der Waals surface area (Å²) in [5.41, 5.74) is -1.85. The predicted octanol–water partition coefficient (Wildman–Crippen LogP) is 4.24. The summed E-state index contributed by atoms with van der Waals surface area (Å²) in [6, 6.07) is 6.68. The van der Waals surface area contributed by atoms with Gasteiger partial charge in [-0.3, -0.25) is 4.79 Å². The maximum atomic E-state index is 13.0. The van der Waals surface area contributed by atoms with Crippen LogP contribution in [0.2, 0.25) is 0 Å². The van der Waals surface area contributed by atoms with Crippen molar-refractivity contribution in [1.29, 1.82) is 0 Å². The molecule has 0 heterocycles. The number of rotatable bonds is 2. The molecule has 1 N–H and O–H groups in total. The van der Waals surface area contributed by atoms with Crippen molar-refractivity contribution in [3.8, 4) is 0 Å². The number of halogens is 5. The molecule has 1 amide bonds. The third kappa shape index (κ3) is 3.36. The molecular formula is C14H8F5NO. The highest BCUT2D eigenvalue weighted by molar-refractivity contribution is 6.05. The van der Waals surface area contributed by atoms with Gasteiger partial charge < -0.3 is 5.32 Å². The molecule has 0 fully saturated rings. The van der Waals surface area contributed by atoms with Crippen molar-refractivity contribution in [3.05, 3.63) is 65.2 Å². The van der Waals surface area contributed by atoms with Crippen LogP contribution >= 0.6 is 0 Å². The number of benzene rings is 2. The Balaban J connectivity index is 2.31. The third-order valence-electron chi connectivity index (χ3n) is 2.65. The van der Waals surface area contributed by atoms with E-state index >= 15 is 0 Å². The Morgan fingerprint density at radius 1 is 0.952 bits per heavy atom. The quantitative estimate of drug-likeness (QED) is 0.826. The van der Waals surface area contributed by atoms with Crippen molar-refractivity contribution >= 4 is 11.6 Å². The number of hydrogen-bond donors (Lipinski definition) is 1. The summed E-state index contributed by atoms with van der Waals surface area (Å²) in [5.74, 6) is -3.39. The van der Waals surface area contributed by atoms with Crippen LogP contribution in [0.4, 0.5) is 27.6 Å². The zero-order chi connectivity index (χ0) is 15.6. The number of carbonyl (C=O) groups is 1. The molecule has 0 radical (unpaired) electrons. The smallest absolute Gasteiger partial charge is 0.322 e. The fourth-order valence-electron chi connectivity index (χ4n) is 1.70. The fourth-order valence-corrected chi connectivity index (χ4v) is 1.70. The summed E-state index contributed by atoms with van der Waals surface area (Å²) in [5, 5.41) is 2.09. The van der Waals surface area contributed by atoms with E-state index < -0.39 is 34.8 Å². The second-order valence-electron chi connectivity index (χ2n) is 4.13. The highest BCUT2D eigenvalue weighted by Crippen LogP contribution is 2.32. The molecule has 0 bridgehead atoms. The summed E-state index contributed by atoms with van der Waals surface area (Å²) in [7, 11) is 0. The molecule has 7 heteroatoms. The first-order chi connectivity index (χ1) is 9.79. The van der Waals surface area contributed by atoms with E-state index in [0.29, 0.717) is 6.07 Å². The van der Waals surface area contributed by atoms with Crippen LogP contribution in [-0.4, -0.2) is 5.91 Å². The van der Waals surface area contributed by atoms with Crippen LogP contribution in [0.3, 0.4) is 0 Å². The number of carbonyl (C=O) groups excluding carboxylic acids is 1. The predicted molar refractivity (Wildman–Crippen MR) is 65.8 cm³/mol. The Morgan fingerprint density at radius 3 is 2.24 bits per heavy atom. The molecule has 0 aliphatic carbocycles. The monoisotopic (exact) mass is 301 g/mol. The van der Waals surface area contributed by atoms with Gasteiger partial charge in [-0.1, -0.05) is 12.1 Å². The lowest BCUT2D eigenvalue weighted by molar-refractivity contribution is -0.137. The number of nitrogens with one attached hydrogen (secondary N) is 1. The summed E-state index contributed by atoms with van der Waals surface area (Å²) in [6.07, 6.45) is -4.69.